The van der Waals surface area contributed by atoms with E-state index < -0.39 is 0 Å². The lowest BCUT2D eigenvalue weighted by Gasteiger charge is -2.16. The molecule has 2 aromatic carbocycles. The van der Waals surface area contributed by atoms with Crippen molar-refractivity contribution in [3.05, 3.63) is 65.3 Å². The third kappa shape index (κ3) is 3.31. The quantitative estimate of drug-likeness (QED) is 0.708. The smallest absolute Gasteiger partial charge is 0.286 e. The van der Waals surface area contributed by atoms with Crippen LogP contribution in [0.15, 0.2) is 54.7 Å². The molecule has 0 bridgehead atoms. The molecule has 1 amide bonds. The molecule has 3 aromatic rings. The number of carbonyl (C=O) groups excluding carboxylic acids is 1. The van der Waals surface area contributed by atoms with Crippen LogP contribution in [0.2, 0.25) is 0 Å². The average molecular weight is 338 g/mol. The highest BCUT2D eigenvalue weighted by atomic mass is 32.1. The zero-order chi connectivity index (χ0) is 17.1. The van der Waals surface area contributed by atoms with Crippen LogP contribution in [-0.2, 0) is 0 Å². The zero-order valence-corrected chi connectivity index (χ0v) is 14.6. The molecule has 3 rings (SSSR count). The Kier molecular flexibility index (Phi) is 4.62. The van der Waals surface area contributed by atoms with Crippen LogP contribution in [0.1, 0.15) is 15.4 Å². The van der Waals surface area contributed by atoms with Crippen molar-refractivity contribution >= 4 is 22.9 Å². The van der Waals surface area contributed by atoms with E-state index >= 15 is 0 Å². The van der Waals surface area contributed by atoms with Gasteiger partial charge in [-0.15, -0.1) is 11.3 Å². The number of carbonyl (C=O) groups is 1. The third-order valence-electron chi connectivity index (χ3n) is 3.74. The molecule has 4 nitrogen and oxygen atoms in total. The number of aromatic nitrogens is 1. The Labute approximate surface area is 145 Å². The summed E-state index contributed by atoms with van der Waals surface area (Å²) in [5.74, 6) is 0.582. The normalized spacial score (nSPS) is 10.5. The standard InChI is InChI=1S/C19H18N2O2S/c1-13-6-4-7-14(10-13)17-12-20-18(24-17)19(22)21(2)15-8-5-9-16(11-15)23-3/h4-12H,1-3H3. The first-order valence-electron chi connectivity index (χ1n) is 7.53. The topological polar surface area (TPSA) is 42.4 Å². The number of aryl methyl sites for hydroxylation is 1. The van der Waals surface area contributed by atoms with Gasteiger partial charge in [0.25, 0.3) is 5.91 Å². The Bertz CT molecular complexity index is 873. The minimum Gasteiger partial charge on any atom is -0.497 e. The van der Waals surface area contributed by atoms with E-state index in [0.717, 1.165) is 16.1 Å². The highest BCUT2D eigenvalue weighted by molar-refractivity contribution is 7.17. The Morgan fingerprint density at radius 3 is 2.71 bits per heavy atom. The van der Waals surface area contributed by atoms with E-state index in [2.05, 4.69) is 11.1 Å². The second kappa shape index (κ2) is 6.84. The van der Waals surface area contributed by atoms with Gasteiger partial charge in [0.15, 0.2) is 5.01 Å². The van der Waals surface area contributed by atoms with Gasteiger partial charge in [0, 0.05) is 25.0 Å². The van der Waals surface area contributed by atoms with Gasteiger partial charge in [-0.05, 0) is 24.6 Å². The van der Waals surface area contributed by atoms with E-state index in [1.54, 1.807) is 25.3 Å². The predicted molar refractivity (Wildman–Crippen MR) is 98.0 cm³/mol. The molecular weight excluding hydrogens is 320 g/mol. The van der Waals surface area contributed by atoms with E-state index in [9.17, 15) is 4.79 Å². The van der Waals surface area contributed by atoms with Crippen LogP contribution in [0.3, 0.4) is 0 Å². The van der Waals surface area contributed by atoms with Crippen LogP contribution in [0, 0.1) is 6.92 Å². The maximum absolute atomic E-state index is 12.7. The second-order valence-electron chi connectivity index (χ2n) is 5.46. The highest BCUT2D eigenvalue weighted by Gasteiger charge is 2.18. The van der Waals surface area contributed by atoms with Gasteiger partial charge >= 0.3 is 0 Å². The number of nitrogens with zero attached hydrogens (tertiary/aromatic N) is 2. The van der Waals surface area contributed by atoms with Crippen LogP contribution in [0.4, 0.5) is 5.69 Å². The minimum atomic E-state index is -0.132. The van der Waals surface area contributed by atoms with Crippen LogP contribution in [0.25, 0.3) is 10.4 Å². The number of benzene rings is 2. The molecule has 0 radical (unpaired) electrons. The summed E-state index contributed by atoms with van der Waals surface area (Å²) < 4.78 is 5.21. The lowest BCUT2D eigenvalue weighted by Crippen LogP contribution is -2.25. The molecule has 0 spiro atoms. The molecule has 0 fully saturated rings. The van der Waals surface area contributed by atoms with Crippen LogP contribution >= 0.6 is 11.3 Å². The van der Waals surface area contributed by atoms with Gasteiger partial charge in [0.1, 0.15) is 5.75 Å². The van der Waals surface area contributed by atoms with Crippen LogP contribution < -0.4 is 9.64 Å². The van der Waals surface area contributed by atoms with Gasteiger partial charge in [0.2, 0.25) is 0 Å². The number of amides is 1. The number of ether oxygens (including phenoxy) is 1. The molecule has 0 aliphatic heterocycles. The van der Waals surface area contributed by atoms with Gasteiger partial charge in [-0.2, -0.15) is 0 Å². The molecule has 0 aliphatic carbocycles. The van der Waals surface area contributed by atoms with Crippen molar-refractivity contribution in [3.8, 4) is 16.2 Å². The number of methoxy groups -OCH3 is 1. The summed E-state index contributed by atoms with van der Waals surface area (Å²) >= 11 is 1.40. The SMILES string of the molecule is COc1cccc(N(C)C(=O)c2ncc(-c3cccc(C)c3)s2)c1. The van der Waals surface area contributed by atoms with Crippen molar-refractivity contribution in [2.45, 2.75) is 6.92 Å². The molecule has 122 valence electrons. The summed E-state index contributed by atoms with van der Waals surface area (Å²) in [6.45, 7) is 2.05. The number of anilines is 1. The molecule has 0 aliphatic rings. The van der Waals surface area contributed by atoms with Crippen molar-refractivity contribution in [1.29, 1.82) is 0 Å². The first kappa shape index (κ1) is 16.2. The van der Waals surface area contributed by atoms with Crippen molar-refractivity contribution < 1.29 is 9.53 Å². The molecule has 0 N–H and O–H groups in total. The highest BCUT2D eigenvalue weighted by Crippen LogP contribution is 2.28. The first-order chi connectivity index (χ1) is 11.6. The van der Waals surface area contributed by atoms with E-state index in [-0.39, 0.29) is 5.91 Å². The molecular formula is C19H18N2O2S. The fraction of sp³-hybridized carbons (Fsp3) is 0.158. The molecule has 5 heteroatoms. The fourth-order valence-electron chi connectivity index (χ4n) is 2.38. The average Bonchev–Trinajstić information content (AvgIpc) is 3.10. The second-order valence-corrected chi connectivity index (χ2v) is 6.50. The van der Waals surface area contributed by atoms with Gasteiger partial charge in [-0.1, -0.05) is 35.9 Å². The van der Waals surface area contributed by atoms with Crippen molar-refractivity contribution in [2.75, 3.05) is 19.1 Å². The number of rotatable bonds is 4. The first-order valence-corrected chi connectivity index (χ1v) is 8.35. The van der Waals surface area contributed by atoms with Crippen molar-refractivity contribution in [1.82, 2.24) is 4.98 Å². The summed E-state index contributed by atoms with van der Waals surface area (Å²) in [6.07, 6.45) is 1.76. The minimum absolute atomic E-state index is 0.132. The summed E-state index contributed by atoms with van der Waals surface area (Å²) in [6, 6.07) is 15.6. The van der Waals surface area contributed by atoms with Gasteiger partial charge in [0.05, 0.1) is 12.0 Å². The van der Waals surface area contributed by atoms with Gasteiger partial charge in [-0.3, -0.25) is 4.79 Å². The predicted octanol–water partition coefficient (Wildman–Crippen LogP) is 4.40. The van der Waals surface area contributed by atoms with Crippen LogP contribution in [-0.4, -0.2) is 25.0 Å². The van der Waals surface area contributed by atoms with Gasteiger partial charge in [-0.25, -0.2) is 4.98 Å². The lowest BCUT2D eigenvalue weighted by molar-refractivity contribution is 0.0992. The lowest BCUT2D eigenvalue weighted by atomic mass is 10.1. The summed E-state index contributed by atoms with van der Waals surface area (Å²) in [5.41, 5.74) is 3.03. The van der Waals surface area contributed by atoms with Crippen LogP contribution in [0.5, 0.6) is 5.75 Å². The van der Waals surface area contributed by atoms with E-state index in [0.29, 0.717) is 10.8 Å². The summed E-state index contributed by atoms with van der Waals surface area (Å²) in [4.78, 5) is 19.6. The Balaban J connectivity index is 1.85. The molecule has 0 atom stereocenters. The monoisotopic (exact) mass is 338 g/mol. The molecule has 24 heavy (non-hydrogen) atoms. The number of hydrogen-bond donors (Lipinski definition) is 0. The molecule has 0 unspecified atom stereocenters. The van der Waals surface area contributed by atoms with E-state index in [1.165, 1.54) is 16.9 Å². The third-order valence-corrected chi connectivity index (χ3v) is 4.77. The summed E-state index contributed by atoms with van der Waals surface area (Å²) in [7, 11) is 3.35. The summed E-state index contributed by atoms with van der Waals surface area (Å²) in [5, 5.41) is 0.469. The Hall–Kier alpha value is -2.66. The largest absolute Gasteiger partial charge is 0.497 e. The molecule has 0 saturated heterocycles. The Morgan fingerprint density at radius 2 is 1.96 bits per heavy atom. The molecule has 1 heterocycles. The number of thiazole rings is 1. The maximum Gasteiger partial charge on any atom is 0.286 e. The van der Waals surface area contributed by atoms with E-state index in [4.69, 9.17) is 4.74 Å². The fourth-order valence-corrected chi connectivity index (χ4v) is 3.27. The maximum atomic E-state index is 12.7. The zero-order valence-electron chi connectivity index (χ0n) is 13.8. The molecule has 1 aromatic heterocycles. The Morgan fingerprint density at radius 1 is 1.17 bits per heavy atom. The van der Waals surface area contributed by atoms with Crippen molar-refractivity contribution in [2.24, 2.45) is 0 Å². The van der Waals surface area contributed by atoms with Crippen molar-refractivity contribution in [3.63, 3.8) is 0 Å². The number of hydrogen-bond acceptors (Lipinski definition) is 4. The van der Waals surface area contributed by atoms with E-state index in [1.807, 2.05) is 49.4 Å². The van der Waals surface area contributed by atoms with Gasteiger partial charge < -0.3 is 9.64 Å². The molecule has 0 saturated carbocycles.